The highest BCUT2D eigenvalue weighted by atomic mass is 32.1. The highest BCUT2D eigenvalue weighted by Gasteiger charge is 2.14. The van der Waals surface area contributed by atoms with Crippen LogP contribution in [-0.2, 0) is 0 Å². The number of amides is 1. The number of anilines is 1. The minimum atomic E-state index is -0.244. The van der Waals surface area contributed by atoms with Gasteiger partial charge >= 0.3 is 0 Å². The van der Waals surface area contributed by atoms with Crippen molar-refractivity contribution in [1.29, 1.82) is 0 Å². The maximum absolute atomic E-state index is 12.4. The Morgan fingerprint density at radius 3 is 2.87 bits per heavy atom. The molecule has 3 rings (SSSR count). The SMILES string of the molecule is CCOc1ccc2nc(NC(=O)c3ccccc3OC)sc2c1. The molecule has 23 heavy (non-hydrogen) atoms. The number of para-hydroxylation sites is 1. The van der Waals surface area contributed by atoms with Gasteiger partial charge in [-0.05, 0) is 37.3 Å². The second kappa shape index (κ2) is 6.66. The van der Waals surface area contributed by atoms with Crippen molar-refractivity contribution in [3.8, 4) is 11.5 Å². The molecule has 5 nitrogen and oxygen atoms in total. The molecular formula is C17H16N2O3S. The number of hydrogen-bond donors (Lipinski definition) is 1. The fourth-order valence-corrected chi connectivity index (χ4v) is 3.10. The van der Waals surface area contributed by atoms with Gasteiger partial charge in [0.2, 0.25) is 0 Å². The van der Waals surface area contributed by atoms with E-state index in [2.05, 4.69) is 10.3 Å². The molecule has 0 atom stereocenters. The molecule has 1 heterocycles. The second-order valence-electron chi connectivity index (χ2n) is 4.74. The number of nitrogens with one attached hydrogen (secondary N) is 1. The van der Waals surface area contributed by atoms with Crippen LogP contribution in [0.1, 0.15) is 17.3 Å². The molecule has 1 aromatic heterocycles. The number of carbonyl (C=O) groups is 1. The fraction of sp³-hybridized carbons (Fsp3) is 0.176. The van der Waals surface area contributed by atoms with E-state index in [-0.39, 0.29) is 5.91 Å². The summed E-state index contributed by atoms with van der Waals surface area (Å²) >= 11 is 1.41. The van der Waals surface area contributed by atoms with Gasteiger partial charge in [-0.3, -0.25) is 10.1 Å². The Labute approximate surface area is 137 Å². The summed E-state index contributed by atoms with van der Waals surface area (Å²) in [5, 5.41) is 3.37. The first-order chi connectivity index (χ1) is 11.2. The third kappa shape index (κ3) is 3.27. The average molecular weight is 328 g/mol. The van der Waals surface area contributed by atoms with Gasteiger partial charge in [-0.1, -0.05) is 23.5 Å². The molecule has 0 unspecified atom stereocenters. The molecule has 0 fully saturated rings. The van der Waals surface area contributed by atoms with E-state index in [9.17, 15) is 4.79 Å². The summed E-state index contributed by atoms with van der Waals surface area (Å²) in [6.45, 7) is 2.55. The number of thiazole rings is 1. The van der Waals surface area contributed by atoms with Crippen molar-refractivity contribution in [3.05, 3.63) is 48.0 Å². The van der Waals surface area contributed by atoms with Crippen LogP contribution >= 0.6 is 11.3 Å². The number of nitrogens with zero attached hydrogens (tertiary/aromatic N) is 1. The molecule has 1 amide bonds. The Morgan fingerprint density at radius 1 is 1.26 bits per heavy atom. The normalized spacial score (nSPS) is 10.5. The third-order valence-corrected chi connectivity index (χ3v) is 4.18. The molecule has 2 aromatic carbocycles. The van der Waals surface area contributed by atoms with Crippen LogP contribution in [0.15, 0.2) is 42.5 Å². The van der Waals surface area contributed by atoms with Gasteiger partial charge in [0.05, 0.1) is 29.5 Å². The van der Waals surface area contributed by atoms with E-state index in [1.807, 2.05) is 31.2 Å². The molecule has 0 spiro atoms. The van der Waals surface area contributed by atoms with Gasteiger partial charge in [-0.25, -0.2) is 4.98 Å². The lowest BCUT2D eigenvalue weighted by molar-refractivity contribution is 0.102. The van der Waals surface area contributed by atoms with Crippen LogP contribution in [0.25, 0.3) is 10.2 Å². The quantitative estimate of drug-likeness (QED) is 0.770. The number of ether oxygens (including phenoxy) is 2. The smallest absolute Gasteiger partial charge is 0.261 e. The lowest BCUT2D eigenvalue weighted by Crippen LogP contribution is -2.12. The zero-order chi connectivity index (χ0) is 16.2. The first kappa shape index (κ1) is 15.3. The van der Waals surface area contributed by atoms with Crippen molar-refractivity contribution >= 4 is 32.6 Å². The maximum Gasteiger partial charge on any atom is 0.261 e. The minimum Gasteiger partial charge on any atom is -0.496 e. The van der Waals surface area contributed by atoms with Crippen LogP contribution in [0.3, 0.4) is 0 Å². The highest BCUT2D eigenvalue weighted by Crippen LogP contribution is 2.30. The van der Waals surface area contributed by atoms with Gasteiger partial charge in [0.15, 0.2) is 5.13 Å². The van der Waals surface area contributed by atoms with Crippen LogP contribution in [0.2, 0.25) is 0 Å². The summed E-state index contributed by atoms with van der Waals surface area (Å²) in [5.41, 5.74) is 1.30. The van der Waals surface area contributed by atoms with Gasteiger partial charge < -0.3 is 9.47 Å². The van der Waals surface area contributed by atoms with Crippen LogP contribution in [0.5, 0.6) is 11.5 Å². The number of rotatable bonds is 5. The van der Waals surface area contributed by atoms with Crippen LogP contribution < -0.4 is 14.8 Å². The standard InChI is InChI=1S/C17H16N2O3S/c1-3-22-11-8-9-13-15(10-11)23-17(18-13)19-16(20)12-6-4-5-7-14(12)21-2/h4-10H,3H2,1-2H3,(H,18,19,20). The fourth-order valence-electron chi connectivity index (χ4n) is 2.21. The maximum atomic E-state index is 12.4. The third-order valence-electron chi connectivity index (χ3n) is 3.24. The van der Waals surface area contributed by atoms with E-state index in [0.29, 0.717) is 23.1 Å². The van der Waals surface area contributed by atoms with Crippen molar-refractivity contribution in [2.75, 3.05) is 19.0 Å². The molecule has 0 saturated heterocycles. The van der Waals surface area contributed by atoms with E-state index in [4.69, 9.17) is 9.47 Å². The summed E-state index contributed by atoms with van der Waals surface area (Å²) in [6.07, 6.45) is 0. The van der Waals surface area contributed by atoms with E-state index >= 15 is 0 Å². The van der Waals surface area contributed by atoms with Gasteiger partial charge in [0, 0.05) is 0 Å². The van der Waals surface area contributed by atoms with E-state index in [0.717, 1.165) is 16.0 Å². The van der Waals surface area contributed by atoms with Gasteiger partial charge in [-0.15, -0.1) is 0 Å². The molecule has 0 saturated carbocycles. The van der Waals surface area contributed by atoms with Crippen molar-refractivity contribution in [3.63, 3.8) is 0 Å². The van der Waals surface area contributed by atoms with E-state index < -0.39 is 0 Å². The molecular weight excluding hydrogens is 312 g/mol. The average Bonchev–Trinajstić information content (AvgIpc) is 2.96. The number of benzene rings is 2. The summed E-state index contributed by atoms with van der Waals surface area (Å²) in [5.74, 6) is 1.09. The molecule has 0 aliphatic rings. The molecule has 118 valence electrons. The molecule has 0 aliphatic heterocycles. The Balaban J connectivity index is 1.84. The number of aromatic nitrogens is 1. The van der Waals surface area contributed by atoms with Crippen molar-refractivity contribution in [2.24, 2.45) is 0 Å². The van der Waals surface area contributed by atoms with Gasteiger partial charge in [-0.2, -0.15) is 0 Å². The molecule has 0 aliphatic carbocycles. The molecule has 3 aromatic rings. The second-order valence-corrected chi connectivity index (χ2v) is 5.77. The summed E-state index contributed by atoms with van der Waals surface area (Å²) < 4.78 is 11.7. The predicted octanol–water partition coefficient (Wildman–Crippen LogP) is 3.96. The molecule has 6 heteroatoms. The Kier molecular flexibility index (Phi) is 4.43. The van der Waals surface area contributed by atoms with Crippen LogP contribution in [0.4, 0.5) is 5.13 Å². The van der Waals surface area contributed by atoms with Gasteiger partial charge in [0.25, 0.3) is 5.91 Å². The number of carbonyl (C=O) groups excluding carboxylic acids is 1. The lowest BCUT2D eigenvalue weighted by atomic mass is 10.2. The number of fused-ring (bicyclic) bond motifs is 1. The van der Waals surface area contributed by atoms with E-state index in [1.165, 1.54) is 11.3 Å². The molecule has 0 bridgehead atoms. The largest absolute Gasteiger partial charge is 0.496 e. The summed E-state index contributed by atoms with van der Waals surface area (Å²) in [6, 6.07) is 12.8. The van der Waals surface area contributed by atoms with Gasteiger partial charge in [0.1, 0.15) is 11.5 Å². The van der Waals surface area contributed by atoms with Crippen LogP contribution in [-0.4, -0.2) is 24.6 Å². The van der Waals surface area contributed by atoms with Crippen molar-refractivity contribution in [2.45, 2.75) is 6.92 Å². The molecule has 0 radical (unpaired) electrons. The first-order valence-electron chi connectivity index (χ1n) is 7.19. The predicted molar refractivity (Wildman–Crippen MR) is 91.7 cm³/mol. The van der Waals surface area contributed by atoms with Crippen molar-refractivity contribution < 1.29 is 14.3 Å². The first-order valence-corrected chi connectivity index (χ1v) is 8.00. The van der Waals surface area contributed by atoms with E-state index in [1.54, 1.807) is 25.3 Å². The highest BCUT2D eigenvalue weighted by molar-refractivity contribution is 7.22. The van der Waals surface area contributed by atoms with Crippen molar-refractivity contribution in [1.82, 2.24) is 4.98 Å². The summed E-state index contributed by atoms with van der Waals surface area (Å²) in [7, 11) is 1.54. The Morgan fingerprint density at radius 2 is 2.09 bits per heavy atom. The number of methoxy groups -OCH3 is 1. The summed E-state index contributed by atoms with van der Waals surface area (Å²) in [4.78, 5) is 16.8. The lowest BCUT2D eigenvalue weighted by Gasteiger charge is -2.06. The Hall–Kier alpha value is -2.60. The molecule has 1 N–H and O–H groups in total. The Bertz CT molecular complexity index is 845. The monoisotopic (exact) mass is 328 g/mol. The topological polar surface area (TPSA) is 60.5 Å². The minimum absolute atomic E-state index is 0.244. The number of hydrogen-bond acceptors (Lipinski definition) is 5. The zero-order valence-electron chi connectivity index (χ0n) is 12.8. The van der Waals surface area contributed by atoms with Crippen LogP contribution in [0, 0.1) is 0 Å². The zero-order valence-corrected chi connectivity index (χ0v) is 13.6.